The van der Waals surface area contributed by atoms with Crippen molar-refractivity contribution >= 4 is 39.2 Å². The third kappa shape index (κ3) is 3.96. The molecule has 1 aromatic carbocycles. The molecule has 1 saturated heterocycles. The van der Waals surface area contributed by atoms with Gasteiger partial charge in [0.25, 0.3) is 0 Å². The fraction of sp³-hybridized carbons (Fsp3) is 0.385. The lowest BCUT2D eigenvalue weighted by atomic mass is 10.2. The van der Waals surface area contributed by atoms with Gasteiger partial charge in [-0.25, -0.2) is 17.5 Å². The van der Waals surface area contributed by atoms with Gasteiger partial charge >= 0.3 is 5.97 Å². The van der Waals surface area contributed by atoms with Crippen LogP contribution in [0.5, 0.6) is 0 Å². The van der Waals surface area contributed by atoms with Gasteiger partial charge in [-0.15, -0.1) is 0 Å². The zero-order valence-corrected chi connectivity index (χ0v) is 13.2. The number of hydrogen-bond donors (Lipinski definition) is 2. The monoisotopic (exact) mass is 346 g/mol. The van der Waals surface area contributed by atoms with E-state index >= 15 is 0 Å². The lowest BCUT2D eigenvalue weighted by molar-refractivity contribution is -0.116. The van der Waals surface area contributed by atoms with Crippen molar-refractivity contribution < 1.29 is 23.1 Å². The summed E-state index contributed by atoms with van der Waals surface area (Å²) in [6.07, 6.45) is 0.577. The van der Waals surface area contributed by atoms with Gasteiger partial charge < -0.3 is 10.4 Å². The second-order valence-electron chi connectivity index (χ2n) is 4.87. The number of carbonyl (C=O) groups is 2. The molecule has 0 saturated carbocycles. The molecule has 1 fully saturated rings. The van der Waals surface area contributed by atoms with Gasteiger partial charge in [-0.05, 0) is 24.6 Å². The van der Waals surface area contributed by atoms with Crippen molar-refractivity contribution in [1.82, 2.24) is 4.31 Å². The molecule has 0 unspecified atom stereocenters. The van der Waals surface area contributed by atoms with Gasteiger partial charge in [0.2, 0.25) is 15.9 Å². The Morgan fingerprint density at radius 3 is 2.68 bits per heavy atom. The number of anilines is 1. The Kier molecular flexibility index (Phi) is 5.05. The summed E-state index contributed by atoms with van der Waals surface area (Å²) < 4.78 is 24.5. The fourth-order valence-electron chi connectivity index (χ4n) is 2.16. The Hall–Kier alpha value is -1.64. The molecule has 2 rings (SSSR count). The molecule has 0 bridgehead atoms. The van der Waals surface area contributed by atoms with E-state index in [2.05, 4.69) is 5.32 Å². The zero-order chi connectivity index (χ0) is 16.3. The summed E-state index contributed by atoms with van der Waals surface area (Å²) in [5.74, 6) is -1.46. The number of sulfonamides is 1. The summed E-state index contributed by atoms with van der Waals surface area (Å²) >= 11 is 5.74. The van der Waals surface area contributed by atoms with Crippen molar-refractivity contribution in [1.29, 1.82) is 0 Å². The molecule has 2 N–H and O–H groups in total. The van der Waals surface area contributed by atoms with Gasteiger partial charge in [-0.1, -0.05) is 11.6 Å². The van der Waals surface area contributed by atoms with E-state index in [1.54, 1.807) is 0 Å². The third-order valence-electron chi connectivity index (χ3n) is 3.27. The molecule has 120 valence electrons. The maximum absolute atomic E-state index is 11.8. The number of benzene rings is 1. The minimum Gasteiger partial charge on any atom is -0.478 e. The van der Waals surface area contributed by atoms with E-state index in [1.807, 2.05) is 0 Å². The van der Waals surface area contributed by atoms with E-state index < -0.39 is 16.0 Å². The van der Waals surface area contributed by atoms with Crippen LogP contribution in [0.25, 0.3) is 0 Å². The summed E-state index contributed by atoms with van der Waals surface area (Å²) in [6, 6.07) is 4.12. The summed E-state index contributed by atoms with van der Waals surface area (Å²) in [4.78, 5) is 22.8. The maximum Gasteiger partial charge on any atom is 0.337 e. The van der Waals surface area contributed by atoms with Crippen LogP contribution in [0.15, 0.2) is 18.2 Å². The average molecular weight is 347 g/mol. The standard InChI is InChI=1S/C13H15ClN2O5S/c14-11-3-2-9(8-10(11)13(18)19)15-12(17)4-6-16-5-1-7-22(16,20)21/h2-3,8H,1,4-7H2,(H,15,17)(H,18,19). The first-order chi connectivity index (χ1) is 10.3. The van der Waals surface area contributed by atoms with Crippen molar-refractivity contribution in [2.75, 3.05) is 24.2 Å². The summed E-state index contributed by atoms with van der Waals surface area (Å²) in [7, 11) is -3.22. The molecule has 1 amide bonds. The fourth-order valence-corrected chi connectivity index (χ4v) is 3.89. The first-order valence-electron chi connectivity index (χ1n) is 6.60. The van der Waals surface area contributed by atoms with Gasteiger partial charge in [0.05, 0.1) is 16.3 Å². The van der Waals surface area contributed by atoms with E-state index in [0.717, 1.165) is 0 Å². The molecule has 1 heterocycles. The van der Waals surface area contributed by atoms with Crippen LogP contribution in [0.4, 0.5) is 5.69 Å². The highest BCUT2D eigenvalue weighted by Gasteiger charge is 2.28. The number of carbonyl (C=O) groups excluding carboxylic acids is 1. The molecular weight excluding hydrogens is 332 g/mol. The Balaban J connectivity index is 1.95. The molecule has 0 atom stereocenters. The molecule has 9 heteroatoms. The first kappa shape index (κ1) is 16.7. The zero-order valence-electron chi connectivity index (χ0n) is 11.6. The highest BCUT2D eigenvalue weighted by Crippen LogP contribution is 2.21. The van der Waals surface area contributed by atoms with Crippen molar-refractivity contribution in [3.8, 4) is 0 Å². The van der Waals surface area contributed by atoms with Crippen molar-refractivity contribution in [3.63, 3.8) is 0 Å². The number of aromatic carboxylic acids is 1. The minimum absolute atomic E-state index is 0.00423. The van der Waals surface area contributed by atoms with Crippen LogP contribution in [0.3, 0.4) is 0 Å². The van der Waals surface area contributed by atoms with Crippen molar-refractivity contribution in [3.05, 3.63) is 28.8 Å². The molecular formula is C13H15ClN2O5S. The van der Waals surface area contributed by atoms with E-state index in [1.165, 1.54) is 22.5 Å². The minimum atomic E-state index is -3.22. The molecule has 1 aliphatic rings. The molecule has 0 spiro atoms. The lowest BCUT2D eigenvalue weighted by Crippen LogP contribution is -2.29. The van der Waals surface area contributed by atoms with Crippen LogP contribution < -0.4 is 5.32 Å². The van der Waals surface area contributed by atoms with Crippen molar-refractivity contribution in [2.45, 2.75) is 12.8 Å². The summed E-state index contributed by atoms with van der Waals surface area (Å²) in [5, 5.41) is 11.6. The smallest absolute Gasteiger partial charge is 0.337 e. The van der Waals surface area contributed by atoms with Crippen LogP contribution in [-0.2, 0) is 14.8 Å². The normalized spacial score (nSPS) is 17.3. The average Bonchev–Trinajstić information content (AvgIpc) is 2.77. The number of carboxylic acids is 1. The second kappa shape index (κ2) is 6.64. The Morgan fingerprint density at radius 2 is 2.09 bits per heavy atom. The van der Waals surface area contributed by atoms with E-state index in [9.17, 15) is 18.0 Å². The van der Waals surface area contributed by atoms with E-state index in [-0.39, 0.29) is 35.2 Å². The van der Waals surface area contributed by atoms with Gasteiger partial charge in [-0.2, -0.15) is 0 Å². The van der Waals surface area contributed by atoms with Gasteiger partial charge in [0.1, 0.15) is 0 Å². The number of amides is 1. The molecule has 0 aliphatic carbocycles. The highest BCUT2D eigenvalue weighted by atomic mass is 35.5. The SMILES string of the molecule is O=C(CCN1CCCS1(=O)=O)Nc1ccc(Cl)c(C(=O)O)c1. The van der Waals surface area contributed by atoms with Gasteiger partial charge in [0, 0.05) is 25.2 Å². The van der Waals surface area contributed by atoms with Gasteiger partial charge in [0.15, 0.2) is 0 Å². The number of nitrogens with one attached hydrogen (secondary N) is 1. The maximum atomic E-state index is 11.8. The van der Waals surface area contributed by atoms with E-state index in [4.69, 9.17) is 16.7 Å². The van der Waals surface area contributed by atoms with Gasteiger partial charge in [-0.3, -0.25) is 4.79 Å². The van der Waals surface area contributed by atoms with E-state index in [0.29, 0.717) is 18.7 Å². The van der Waals surface area contributed by atoms with Crippen LogP contribution in [0.1, 0.15) is 23.2 Å². The predicted octanol–water partition coefficient (Wildman–Crippen LogP) is 1.40. The molecule has 7 nitrogen and oxygen atoms in total. The molecule has 22 heavy (non-hydrogen) atoms. The highest BCUT2D eigenvalue weighted by molar-refractivity contribution is 7.89. The molecule has 0 aromatic heterocycles. The quantitative estimate of drug-likeness (QED) is 0.838. The first-order valence-corrected chi connectivity index (χ1v) is 8.59. The van der Waals surface area contributed by atoms with Crippen molar-refractivity contribution in [2.24, 2.45) is 0 Å². The summed E-state index contributed by atoms with van der Waals surface area (Å²) in [5.41, 5.74) is 0.192. The van der Waals surface area contributed by atoms with Crippen LogP contribution in [0.2, 0.25) is 5.02 Å². The Labute approximate surface area is 132 Å². The lowest BCUT2D eigenvalue weighted by Gasteiger charge is -2.14. The topological polar surface area (TPSA) is 104 Å². The van der Waals surface area contributed by atoms with Crippen LogP contribution in [-0.4, -0.2) is 48.5 Å². The number of nitrogens with zero attached hydrogens (tertiary/aromatic N) is 1. The number of halogens is 1. The molecule has 0 radical (unpaired) electrons. The number of hydrogen-bond acceptors (Lipinski definition) is 4. The Morgan fingerprint density at radius 1 is 1.36 bits per heavy atom. The third-order valence-corrected chi connectivity index (χ3v) is 5.56. The van der Waals surface area contributed by atoms with Crippen LogP contribution in [0, 0.1) is 0 Å². The second-order valence-corrected chi connectivity index (χ2v) is 7.36. The largest absolute Gasteiger partial charge is 0.478 e. The summed E-state index contributed by atoms with van der Waals surface area (Å²) in [6.45, 7) is 0.549. The number of carboxylic acid groups (broad SMARTS) is 1. The predicted molar refractivity (Wildman–Crippen MR) is 81.6 cm³/mol. The Bertz CT molecular complexity index is 704. The number of rotatable bonds is 5. The van der Waals surface area contributed by atoms with Crippen LogP contribution >= 0.6 is 11.6 Å². The molecule has 1 aliphatic heterocycles. The molecule has 1 aromatic rings.